The van der Waals surface area contributed by atoms with E-state index >= 15 is 0 Å². The lowest BCUT2D eigenvalue weighted by Gasteiger charge is -2.09. The number of rotatable bonds is 7. The number of sulfonamides is 1. The van der Waals surface area contributed by atoms with Gasteiger partial charge < -0.3 is 9.30 Å². The molecule has 0 saturated heterocycles. The molecule has 0 spiro atoms. The van der Waals surface area contributed by atoms with E-state index in [1.165, 1.54) is 23.5 Å². The molecule has 2 heterocycles. The van der Waals surface area contributed by atoms with Crippen LogP contribution in [0, 0.1) is 0 Å². The Morgan fingerprint density at radius 2 is 2.15 bits per heavy atom. The molecule has 2 aromatic heterocycles. The van der Waals surface area contributed by atoms with Gasteiger partial charge in [-0.05, 0) is 36.1 Å². The van der Waals surface area contributed by atoms with Crippen molar-refractivity contribution in [3.05, 3.63) is 46.4 Å². The van der Waals surface area contributed by atoms with Crippen LogP contribution >= 0.6 is 11.3 Å². The molecule has 0 radical (unpaired) electrons. The predicted octanol–water partition coefficient (Wildman–Crippen LogP) is 2.90. The molecule has 0 fully saturated rings. The number of thiophene rings is 1. The average Bonchev–Trinajstić information content (AvgIpc) is 3.24. The Morgan fingerprint density at radius 3 is 2.81 bits per heavy atom. The molecule has 0 amide bonds. The molecule has 0 atom stereocenters. The minimum atomic E-state index is -3.80. The third-order valence-corrected chi connectivity index (χ3v) is 5.68. The fourth-order valence-corrected chi connectivity index (χ4v) is 3.76. The van der Waals surface area contributed by atoms with Crippen LogP contribution in [0.15, 0.2) is 40.6 Å². The minimum absolute atomic E-state index is 0.00673. The molecule has 26 heavy (non-hydrogen) atoms. The fourth-order valence-electron chi connectivity index (χ4n) is 2.61. The summed E-state index contributed by atoms with van der Waals surface area (Å²) in [5.74, 6) is 0.171. The number of primary sulfonamides is 1. The van der Waals surface area contributed by atoms with Gasteiger partial charge in [-0.3, -0.25) is 0 Å². The Balaban J connectivity index is 1.92. The number of hydrogen-bond donors (Lipinski definition) is 1. The van der Waals surface area contributed by atoms with E-state index in [2.05, 4.69) is 11.9 Å². The quantitative estimate of drug-likeness (QED) is 0.622. The van der Waals surface area contributed by atoms with E-state index in [-0.39, 0.29) is 11.5 Å². The first-order valence-corrected chi connectivity index (χ1v) is 10.6. The first-order chi connectivity index (χ1) is 12.4. The summed E-state index contributed by atoms with van der Waals surface area (Å²) in [6.45, 7) is 2.79. The SMILES string of the molecule is CCCCn1c(COC(=O)c2cccs2)nc2cc(S(N)(=O)=O)ccc21. The number of carbonyl (C=O) groups excluding carboxylic acids is 1. The van der Waals surface area contributed by atoms with Crippen molar-refractivity contribution in [3.8, 4) is 0 Å². The van der Waals surface area contributed by atoms with Crippen LogP contribution < -0.4 is 5.14 Å². The number of esters is 1. The van der Waals surface area contributed by atoms with Crippen molar-refractivity contribution in [2.45, 2.75) is 37.8 Å². The van der Waals surface area contributed by atoms with Crippen LogP contribution in [0.2, 0.25) is 0 Å². The summed E-state index contributed by atoms with van der Waals surface area (Å²) in [6.07, 6.45) is 1.91. The lowest BCUT2D eigenvalue weighted by atomic mass is 10.3. The van der Waals surface area contributed by atoms with Crippen molar-refractivity contribution in [3.63, 3.8) is 0 Å². The summed E-state index contributed by atoms with van der Waals surface area (Å²) in [6, 6.07) is 8.07. The van der Waals surface area contributed by atoms with E-state index in [0.29, 0.717) is 22.8 Å². The van der Waals surface area contributed by atoms with Gasteiger partial charge in [0.05, 0.1) is 15.9 Å². The highest BCUT2D eigenvalue weighted by Gasteiger charge is 2.16. The first-order valence-electron chi connectivity index (χ1n) is 8.12. The Hall–Kier alpha value is -2.23. The maximum atomic E-state index is 12.1. The van der Waals surface area contributed by atoms with E-state index in [0.717, 1.165) is 18.4 Å². The number of ether oxygens (including phenoxy) is 1. The number of benzene rings is 1. The van der Waals surface area contributed by atoms with Crippen molar-refractivity contribution < 1.29 is 17.9 Å². The van der Waals surface area contributed by atoms with Gasteiger partial charge >= 0.3 is 5.97 Å². The van der Waals surface area contributed by atoms with Crippen molar-refractivity contribution >= 4 is 38.4 Å². The first kappa shape index (κ1) is 18.6. The number of aryl methyl sites for hydroxylation is 1. The van der Waals surface area contributed by atoms with Crippen LogP contribution in [0.4, 0.5) is 0 Å². The normalized spacial score (nSPS) is 11.8. The number of nitrogens with two attached hydrogens (primary N) is 1. The van der Waals surface area contributed by atoms with Gasteiger partial charge in [-0.2, -0.15) is 0 Å². The van der Waals surface area contributed by atoms with Gasteiger partial charge in [0.1, 0.15) is 17.3 Å². The maximum absolute atomic E-state index is 12.1. The Labute approximate surface area is 155 Å². The van der Waals surface area contributed by atoms with Crippen LogP contribution in [-0.2, 0) is 27.9 Å². The van der Waals surface area contributed by atoms with Gasteiger partial charge in [-0.25, -0.2) is 23.3 Å². The van der Waals surface area contributed by atoms with E-state index < -0.39 is 16.0 Å². The number of fused-ring (bicyclic) bond motifs is 1. The molecule has 7 nitrogen and oxygen atoms in total. The summed E-state index contributed by atoms with van der Waals surface area (Å²) >= 11 is 1.31. The van der Waals surface area contributed by atoms with Gasteiger partial charge in [0, 0.05) is 6.54 Å². The summed E-state index contributed by atoms with van der Waals surface area (Å²) in [7, 11) is -3.80. The summed E-state index contributed by atoms with van der Waals surface area (Å²) in [5.41, 5.74) is 1.29. The standard InChI is InChI=1S/C17H19N3O4S2/c1-2-3-8-20-14-7-6-12(26(18,22)23)10-13(14)19-16(20)11-24-17(21)15-5-4-9-25-15/h4-7,9-10H,2-3,8,11H2,1H3,(H2,18,22,23). The molecule has 0 bridgehead atoms. The van der Waals surface area contributed by atoms with Crippen molar-refractivity contribution in [1.82, 2.24) is 9.55 Å². The molecule has 1 aromatic carbocycles. The molecular weight excluding hydrogens is 374 g/mol. The van der Waals surface area contributed by atoms with Gasteiger partial charge in [0.15, 0.2) is 0 Å². The molecule has 0 aliphatic heterocycles. The zero-order valence-electron chi connectivity index (χ0n) is 14.2. The topological polar surface area (TPSA) is 104 Å². The Morgan fingerprint density at radius 1 is 1.35 bits per heavy atom. The number of aromatic nitrogens is 2. The van der Waals surface area contributed by atoms with E-state index in [4.69, 9.17) is 9.88 Å². The number of carbonyl (C=O) groups is 1. The molecule has 0 unspecified atom stereocenters. The largest absolute Gasteiger partial charge is 0.453 e. The average molecular weight is 393 g/mol. The lowest BCUT2D eigenvalue weighted by Crippen LogP contribution is -2.12. The third-order valence-electron chi connectivity index (χ3n) is 3.92. The fraction of sp³-hybridized carbons (Fsp3) is 0.294. The van der Waals surface area contributed by atoms with Crippen molar-refractivity contribution in [2.75, 3.05) is 0 Å². The van der Waals surface area contributed by atoms with Crippen LogP contribution in [0.5, 0.6) is 0 Å². The second-order valence-corrected chi connectivity index (χ2v) is 8.29. The highest BCUT2D eigenvalue weighted by Crippen LogP contribution is 2.22. The summed E-state index contributed by atoms with van der Waals surface area (Å²) in [5, 5.41) is 7.00. The molecule has 2 N–H and O–H groups in total. The minimum Gasteiger partial charge on any atom is -0.453 e. The molecule has 0 saturated carbocycles. The Bertz CT molecular complexity index is 1020. The van der Waals surface area contributed by atoms with Crippen LogP contribution in [0.3, 0.4) is 0 Å². The third kappa shape index (κ3) is 3.95. The molecule has 138 valence electrons. The van der Waals surface area contributed by atoms with Crippen LogP contribution in [0.25, 0.3) is 11.0 Å². The maximum Gasteiger partial charge on any atom is 0.348 e. The van der Waals surface area contributed by atoms with Gasteiger partial charge in [0.2, 0.25) is 10.0 Å². The Kier molecular flexibility index (Phi) is 5.40. The molecular formula is C17H19N3O4S2. The van der Waals surface area contributed by atoms with Crippen molar-refractivity contribution in [2.24, 2.45) is 5.14 Å². The highest BCUT2D eigenvalue weighted by atomic mass is 32.2. The second kappa shape index (κ2) is 7.56. The number of hydrogen-bond acceptors (Lipinski definition) is 6. The number of nitrogens with zero attached hydrogens (tertiary/aromatic N) is 2. The predicted molar refractivity (Wildman–Crippen MR) is 99.5 cm³/mol. The van der Waals surface area contributed by atoms with Crippen LogP contribution in [-0.4, -0.2) is 23.9 Å². The molecule has 0 aliphatic carbocycles. The van der Waals surface area contributed by atoms with E-state index in [9.17, 15) is 13.2 Å². The lowest BCUT2D eigenvalue weighted by molar-refractivity contribution is 0.0464. The van der Waals surface area contributed by atoms with E-state index in [1.807, 2.05) is 9.95 Å². The second-order valence-electron chi connectivity index (χ2n) is 5.78. The molecule has 9 heteroatoms. The number of imidazole rings is 1. The monoisotopic (exact) mass is 393 g/mol. The summed E-state index contributed by atoms with van der Waals surface area (Å²) in [4.78, 5) is 17.1. The van der Waals surface area contributed by atoms with E-state index in [1.54, 1.807) is 18.2 Å². The number of unbranched alkanes of at least 4 members (excludes halogenated alkanes) is 1. The summed E-state index contributed by atoms with van der Waals surface area (Å²) < 4.78 is 30.4. The molecule has 0 aliphatic rings. The van der Waals surface area contributed by atoms with Crippen LogP contribution in [0.1, 0.15) is 35.3 Å². The van der Waals surface area contributed by atoms with Gasteiger partial charge in [-0.1, -0.05) is 19.4 Å². The zero-order valence-corrected chi connectivity index (χ0v) is 15.8. The highest BCUT2D eigenvalue weighted by molar-refractivity contribution is 7.89. The zero-order chi connectivity index (χ0) is 18.7. The van der Waals surface area contributed by atoms with Gasteiger partial charge in [0.25, 0.3) is 0 Å². The smallest absolute Gasteiger partial charge is 0.348 e. The molecule has 3 aromatic rings. The van der Waals surface area contributed by atoms with Crippen molar-refractivity contribution in [1.29, 1.82) is 0 Å². The molecule has 3 rings (SSSR count). The van der Waals surface area contributed by atoms with Gasteiger partial charge in [-0.15, -0.1) is 11.3 Å².